The first kappa shape index (κ1) is 15.3. The van der Waals surface area contributed by atoms with Crippen molar-refractivity contribution in [3.8, 4) is 0 Å². The Morgan fingerprint density at radius 3 is 2.33 bits per heavy atom. The van der Waals surface area contributed by atoms with Crippen molar-refractivity contribution >= 4 is 5.91 Å². The van der Waals surface area contributed by atoms with Crippen LogP contribution in [-0.2, 0) is 4.79 Å². The first-order valence-electron chi connectivity index (χ1n) is 6.36. The van der Waals surface area contributed by atoms with E-state index in [0.717, 1.165) is 6.42 Å². The summed E-state index contributed by atoms with van der Waals surface area (Å²) < 4.78 is 38.5. The second-order valence-corrected chi connectivity index (χ2v) is 5.20. The fourth-order valence-corrected chi connectivity index (χ4v) is 2.25. The van der Waals surface area contributed by atoms with Gasteiger partial charge in [-0.2, -0.15) is 13.2 Å². The highest BCUT2D eigenvalue weighted by Gasteiger charge is 2.46. The lowest BCUT2D eigenvalue weighted by Crippen LogP contribution is -2.50. The number of hydrogen-bond donors (Lipinski definition) is 2. The van der Waals surface area contributed by atoms with E-state index < -0.39 is 24.1 Å². The lowest BCUT2D eigenvalue weighted by molar-refractivity contribution is -0.189. The summed E-state index contributed by atoms with van der Waals surface area (Å²) in [5.41, 5.74) is 5.58. The number of hydrogen-bond acceptors (Lipinski definition) is 2. The van der Waals surface area contributed by atoms with Gasteiger partial charge in [0.1, 0.15) is 0 Å². The SMILES string of the molecule is CC(N)C(C)C(=O)NC1CCCCC1C(F)(F)F. The van der Waals surface area contributed by atoms with E-state index in [1.807, 2.05) is 0 Å². The van der Waals surface area contributed by atoms with E-state index in [2.05, 4.69) is 5.32 Å². The molecule has 106 valence electrons. The van der Waals surface area contributed by atoms with Crippen LogP contribution in [0.1, 0.15) is 39.5 Å². The van der Waals surface area contributed by atoms with E-state index in [9.17, 15) is 18.0 Å². The number of carbonyl (C=O) groups excluding carboxylic acids is 1. The third-order valence-corrected chi connectivity index (χ3v) is 3.72. The van der Waals surface area contributed by atoms with Crippen LogP contribution in [0, 0.1) is 11.8 Å². The largest absolute Gasteiger partial charge is 0.393 e. The van der Waals surface area contributed by atoms with Crippen molar-refractivity contribution < 1.29 is 18.0 Å². The fourth-order valence-electron chi connectivity index (χ4n) is 2.25. The Morgan fingerprint density at radius 1 is 1.28 bits per heavy atom. The van der Waals surface area contributed by atoms with Gasteiger partial charge in [0.15, 0.2) is 0 Å². The summed E-state index contributed by atoms with van der Waals surface area (Å²) in [7, 11) is 0. The van der Waals surface area contributed by atoms with Crippen LogP contribution in [0.15, 0.2) is 0 Å². The van der Waals surface area contributed by atoms with Crippen LogP contribution in [0.5, 0.6) is 0 Å². The Bertz CT molecular complexity index is 292. The zero-order chi connectivity index (χ0) is 13.9. The highest BCUT2D eigenvalue weighted by molar-refractivity contribution is 5.79. The molecule has 18 heavy (non-hydrogen) atoms. The van der Waals surface area contributed by atoms with Crippen LogP contribution < -0.4 is 11.1 Å². The molecule has 3 N–H and O–H groups in total. The highest BCUT2D eigenvalue weighted by Crippen LogP contribution is 2.37. The maximum atomic E-state index is 12.8. The molecule has 0 radical (unpaired) electrons. The van der Waals surface area contributed by atoms with Gasteiger partial charge in [0.05, 0.1) is 5.92 Å². The summed E-state index contributed by atoms with van der Waals surface area (Å²) in [6.07, 6.45) is -2.46. The van der Waals surface area contributed by atoms with Crippen molar-refractivity contribution in [3.63, 3.8) is 0 Å². The standard InChI is InChI=1S/C12H21F3N2O/c1-7(8(2)16)11(18)17-10-6-4-3-5-9(10)12(13,14)15/h7-10H,3-6,16H2,1-2H3,(H,17,18). The molecule has 0 heterocycles. The summed E-state index contributed by atoms with van der Waals surface area (Å²) in [5.74, 6) is -2.28. The van der Waals surface area contributed by atoms with Crippen molar-refractivity contribution in [1.82, 2.24) is 5.32 Å². The second kappa shape index (κ2) is 5.91. The van der Waals surface area contributed by atoms with Crippen LogP contribution in [0.2, 0.25) is 0 Å². The van der Waals surface area contributed by atoms with Gasteiger partial charge in [0, 0.05) is 18.0 Å². The molecule has 1 fully saturated rings. The van der Waals surface area contributed by atoms with Crippen LogP contribution >= 0.6 is 0 Å². The quantitative estimate of drug-likeness (QED) is 0.823. The fraction of sp³-hybridized carbons (Fsp3) is 0.917. The van der Waals surface area contributed by atoms with Gasteiger partial charge in [-0.1, -0.05) is 19.8 Å². The van der Waals surface area contributed by atoms with Gasteiger partial charge in [0.25, 0.3) is 0 Å². The smallest absolute Gasteiger partial charge is 0.352 e. The maximum absolute atomic E-state index is 12.8. The number of nitrogens with two attached hydrogens (primary N) is 1. The molecule has 1 amide bonds. The Kier molecular flexibility index (Phi) is 5.01. The normalized spacial score (nSPS) is 28.6. The number of amides is 1. The van der Waals surface area contributed by atoms with Crippen molar-refractivity contribution in [2.45, 2.75) is 57.8 Å². The Hall–Kier alpha value is -0.780. The van der Waals surface area contributed by atoms with Gasteiger partial charge in [0.2, 0.25) is 5.91 Å². The predicted octanol–water partition coefficient (Wildman–Crippen LogP) is 2.21. The zero-order valence-electron chi connectivity index (χ0n) is 10.8. The molecule has 1 rings (SSSR count). The number of nitrogens with one attached hydrogen (secondary N) is 1. The Labute approximate surface area is 105 Å². The Morgan fingerprint density at radius 2 is 1.83 bits per heavy atom. The van der Waals surface area contributed by atoms with Crippen LogP contribution in [0.3, 0.4) is 0 Å². The van der Waals surface area contributed by atoms with Crippen LogP contribution in [-0.4, -0.2) is 24.2 Å². The van der Waals surface area contributed by atoms with E-state index in [1.54, 1.807) is 13.8 Å². The minimum atomic E-state index is -4.24. The number of rotatable bonds is 3. The maximum Gasteiger partial charge on any atom is 0.393 e. The van der Waals surface area contributed by atoms with Gasteiger partial charge in [-0.15, -0.1) is 0 Å². The summed E-state index contributed by atoms with van der Waals surface area (Å²) in [6.45, 7) is 3.30. The zero-order valence-corrected chi connectivity index (χ0v) is 10.8. The molecule has 4 unspecified atom stereocenters. The monoisotopic (exact) mass is 266 g/mol. The lowest BCUT2D eigenvalue weighted by Gasteiger charge is -2.34. The molecule has 1 aliphatic rings. The number of halogens is 3. The van der Waals surface area contributed by atoms with Crippen molar-refractivity contribution in [3.05, 3.63) is 0 Å². The van der Waals surface area contributed by atoms with E-state index in [1.165, 1.54) is 0 Å². The molecule has 0 spiro atoms. The van der Waals surface area contributed by atoms with E-state index in [4.69, 9.17) is 5.73 Å². The average molecular weight is 266 g/mol. The van der Waals surface area contributed by atoms with E-state index >= 15 is 0 Å². The molecular weight excluding hydrogens is 245 g/mol. The van der Waals surface area contributed by atoms with Gasteiger partial charge in [-0.3, -0.25) is 4.79 Å². The predicted molar refractivity (Wildman–Crippen MR) is 62.8 cm³/mol. The second-order valence-electron chi connectivity index (χ2n) is 5.20. The van der Waals surface area contributed by atoms with Gasteiger partial charge >= 0.3 is 6.18 Å². The molecule has 3 nitrogen and oxygen atoms in total. The number of carbonyl (C=O) groups is 1. The van der Waals surface area contributed by atoms with Crippen molar-refractivity contribution in [2.24, 2.45) is 17.6 Å². The summed E-state index contributed by atoms with van der Waals surface area (Å²) in [4.78, 5) is 11.8. The van der Waals surface area contributed by atoms with Gasteiger partial charge in [-0.05, 0) is 19.8 Å². The molecular formula is C12H21F3N2O. The van der Waals surface area contributed by atoms with Crippen LogP contribution in [0.4, 0.5) is 13.2 Å². The molecule has 1 aliphatic carbocycles. The summed E-state index contributed by atoms with van der Waals surface area (Å²) >= 11 is 0. The molecule has 0 aromatic carbocycles. The number of alkyl halides is 3. The average Bonchev–Trinajstić information content (AvgIpc) is 2.27. The molecule has 0 saturated heterocycles. The third kappa shape index (κ3) is 3.86. The summed E-state index contributed by atoms with van der Waals surface area (Å²) in [6, 6.07) is -1.16. The lowest BCUT2D eigenvalue weighted by atomic mass is 9.83. The third-order valence-electron chi connectivity index (χ3n) is 3.72. The van der Waals surface area contributed by atoms with Gasteiger partial charge < -0.3 is 11.1 Å². The van der Waals surface area contributed by atoms with E-state index in [-0.39, 0.29) is 18.4 Å². The first-order valence-corrected chi connectivity index (χ1v) is 6.36. The van der Waals surface area contributed by atoms with Crippen LogP contribution in [0.25, 0.3) is 0 Å². The Balaban J connectivity index is 2.65. The highest BCUT2D eigenvalue weighted by atomic mass is 19.4. The topological polar surface area (TPSA) is 55.1 Å². The summed E-state index contributed by atoms with van der Waals surface area (Å²) in [5, 5.41) is 2.52. The molecule has 4 atom stereocenters. The van der Waals surface area contributed by atoms with Crippen molar-refractivity contribution in [1.29, 1.82) is 0 Å². The molecule has 0 bridgehead atoms. The molecule has 1 saturated carbocycles. The minimum absolute atomic E-state index is 0.0982. The first-order chi connectivity index (χ1) is 8.23. The van der Waals surface area contributed by atoms with Gasteiger partial charge in [-0.25, -0.2) is 0 Å². The van der Waals surface area contributed by atoms with E-state index in [0.29, 0.717) is 12.8 Å². The minimum Gasteiger partial charge on any atom is -0.352 e. The molecule has 0 aromatic heterocycles. The van der Waals surface area contributed by atoms with Crippen molar-refractivity contribution in [2.75, 3.05) is 0 Å². The molecule has 6 heteroatoms. The molecule has 0 aliphatic heterocycles. The molecule has 0 aromatic rings.